The average molecular weight is 204 g/mol. The highest BCUT2D eigenvalue weighted by Crippen LogP contribution is 2.15. The van der Waals surface area contributed by atoms with Gasteiger partial charge in [0, 0.05) is 6.92 Å². The van der Waals surface area contributed by atoms with Gasteiger partial charge in [0.25, 0.3) is 0 Å². The van der Waals surface area contributed by atoms with E-state index in [1.54, 1.807) is 0 Å². The number of hydrogen-bond donors (Lipinski definition) is 2. The largest absolute Gasteiger partial charge is 0.291 e. The quantitative estimate of drug-likeness (QED) is 0.568. The molecule has 0 saturated heterocycles. The fourth-order valence-corrected chi connectivity index (χ4v) is 1.32. The van der Waals surface area contributed by atoms with Gasteiger partial charge in [-0.2, -0.15) is 0 Å². The second-order valence-electron chi connectivity index (χ2n) is 3.31. The van der Waals surface area contributed by atoms with Crippen molar-refractivity contribution in [2.24, 2.45) is 0 Å². The topological polar surface area (TPSA) is 41.1 Å². The zero-order valence-electron chi connectivity index (χ0n) is 8.86. The van der Waals surface area contributed by atoms with Gasteiger partial charge >= 0.3 is 0 Å². The molecule has 1 atom stereocenters. The highest BCUT2D eigenvalue weighted by Gasteiger charge is 2.08. The van der Waals surface area contributed by atoms with E-state index in [0.29, 0.717) is 0 Å². The molecule has 0 fully saturated rings. The van der Waals surface area contributed by atoms with Crippen LogP contribution in [0.1, 0.15) is 24.9 Å². The van der Waals surface area contributed by atoms with Crippen molar-refractivity contribution in [1.29, 1.82) is 0 Å². The van der Waals surface area contributed by atoms with Crippen LogP contribution in [0.5, 0.6) is 0 Å². The molecule has 1 aromatic carbocycles. The second kappa shape index (κ2) is 5.98. The lowest BCUT2D eigenvalue weighted by Gasteiger charge is -2.17. The summed E-state index contributed by atoms with van der Waals surface area (Å²) in [6.45, 7) is 5.18. The van der Waals surface area contributed by atoms with Gasteiger partial charge in [0.15, 0.2) is 0 Å². The molecule has 1 aromatic rings. The standard InChI is InChI=1S/C12H16N2O/c1-3-7-12(14-13-10(2)15)11-8-5-4-6-9-11/h3-6,8-9,12,14H,1,7H2,2H3,(H,13,15)/t12-/m0/s1. The molecule has 80 valence electrons. The molecule has 0 radical (unpaired) electrons. The number of rotatable bonds is 5. The minimum atomic E-state index is -0.0972. The molecule has 0 spiro atoms. The second-order valence-corrected chi connectivity index (χ2v) is 3.31. The Bertz CT molecular complexity index is 322. The minimum Gasteiger partial charge on any atom is -0.291 e. The van der Waals surface area contributed by atoms with Gasteiger partial charge in [0.2, 0.25) is 5.91 Å². The predicted octanol–water partition coefficient (Wildman–Crippen LogP) is 1.94. The summed E-state index contributed by atoms with van der Waals surface area (Å²) in [5, 5.41) is 0. The maximum Gasteiger partial charge on any atom is 0.230 e. The fraction of sp³-hybridized carbons (Fsp3) is 0.250. The van der Waals surface area contributed by atoms with E-state index in [4.69, 9.17) is 0 Å². The zero-order chi connectivity index (χ0) is 11.1. The summed E-state index contributed by atoms with van der Waals surface area (Å²) in [4.78, 5) is 10.8. The summed E-state index contributed by atoms with van der Waals surface area (Å²) in [6.07, 6.45) is 2.59. The fourth-order valence-electron chi connectivity index (χ4n) is 1.32. The highest BCUT2D eigenvalue weighted by molar-refractivity contribution is 5.72. The summed E-state index contributed by atoms with van der Waals surface area (Å²) in [5.74, 6) is -0.0972. The summed E-state index contributed by atoms with van der Waals surface area (Å²) in [5.41, 5.74) is 6.69. The molecule has 0 aromatic heterocycles. The molecule has 1 rings (SSSR count). The van der Waals surface area contributed by atoms with E-state index in [9.17, 15) is 4.79 Å². The zero-order valence-corrected chi connectivity index (χ0v) is 8.86. The van der Waals surface area contributed by atoms with E-state index < -0.39 is 0 Å². The van der Waals surface area contributed by atoms with Gasteiger partial charge in [-0.15, -0.1) is 6.58 Å². The number of carbonyl (C=O) groups excluding carboxylic acids is 1. The number of carbonyl (C=O) groups is 1. The molecule has 0 aliphatic rings. The molecule has 3 nitrogen and oxygen atoms in total. The van der Waals surface area contributed by atoms with Crippen LogP contribution in [0.15, 0.2) is 43.0 Å². The number of hydrazine groups is 1. The molecule has 3 heteroatoms. The molecule has 1 amide bonds. The van der Waals surface area contributed by atoms with E-state index in [1.807, 2.05) is 36.4 Å². The number of amides is 1. The third kappa shape index (κ3) is 3.95. The first-order valence-electron chi connectivity index (χ1n) is 4.92. The van der Waals surface area contributed by atoms with Crippen molar-refractivity contribution in [2.75, 3.05) is 0 Å². The van der Waals surface area contributed by atoms with E-state index in [-0.39, 0.29) is 11.9 Å². The van der Waals surface area contributed by atoms with Crippen LogP contribution in [0.4, 0.5) is 0 Å². The summed E-state index contributed by atoms with van der Waals surface area (Å²) >= 11 is 0. The molecule has 0 heterocycles. The Kier molecular flexibility index (Phi) is 4.57. The van der Waals surface area contributed by atoms with Crippen molar-refractivity contribution in [3.05, 3.63) is 48.6 Å². The lowest BCUT2D eigenvalue weighted by Crippen LogP contribution is -2.38. The van der Waals surface area contributed by atoms with Gasteiger partial charge in [-0.05, 0) is 12.0 Å². The van der Waals surface area contributed by atoms with Crippen molar-refractivity contribution < 1.29 is 4.79 Å². The van der Waals surface area contributed by atoms with E-state index in [1.165, 1.54) is 6.92 Å². The van der Waals surface area contributed by atoms with Gasteiger partial charge in [0.1, 0.15) is 0 Å². The van der Waals surface area contributed by atoms with Gasteiger partial charge in [0.05, 0.1) is 6.04 Å². The van der Waals surface area contributed by atoms with Crippen molar-refractivity contribution in [3.8, 4) is 0 Å². The smallest absolute Gasteiger partial charge is 0.230 e. The lowest BCUT2D eigenvalue weighted by atomic mass is 10.0. The Hall–Kier alpha value is -1.61. The van der Waals surface area contributed by atoms with E-state index in [0.717, 1.165) is 12.0 Å². The molecule has 0 aliphatic heterocycles. The molecular formula is C12H16N2O. The van der Waals surface area contributed by atoms with Crippen LogP contribution < -0.4 is 10.9 Å². The monoisotopic (exact) mass is 204 g/mol. The number of nitrogens with one attached hydrogen (secondary N) is 2. The van der Waals surface area contributed by atoms with Gasteiger partial charge in [-0.3, -0.25) is 10.2 Å². The predicted molar refractivity (Wildman–Crippen MR) is 60.9 cm³/mol. The van der Waals surface area contributed by atoms with Crippen LogP contribution in [0, 0.1) is 0 Å². The molecule has 0 bridgehead atoms. The molecule has 0 saturated carbocycles. The molecule has 0 aliphatic carbocycles. The first kappa shape index (κ1) is 11.5. The minimum absolute atomic E-state index is 0.0765. The Morgan fingerprint density at radius 1 is 1.47 bits per heavy atom. The normalized spacial score (nSPS) is 11.8. The molecule has 2 N–H and O–H groups in total. The highest BCUT2D eigenvalue weighted by atomic mass is 16.2. The summed E-state index contributed by atoms with van der Waals surface area (Å²) < 4.78 is 0. The van der Waals surface area contributed by atoms with Gasteiger partial charge in [-0.25, -0.2) is 5.43 Å². The van der Waals surface area contributed by atoms with E-state index >= 15 is 0 Å². The van der Waals surface area contributed by atoms with Crippen LogP contribution in [0.2, 0.25) is 0 Å². The van der Waals surface area contributed by atoms with Crippen LogP contribution in [-0.2, 0) is 4.79 Å². The Morgan fingerprint density at radius 2 is 2.13 bits per heavy atom. The number of hydrogen-bond acceptors (Lipinski definition) is 2. The Labute approximate surface area is 90.2 Å². The first-order chi connectivity index (χ1) is 7.24. The van der Waals surface area contributed by atoms with Gasteiger partial charge < -0.3 is 0 Å². The first-order valence-corrected chi connectivity index (χ1v) is 4.92. The molecular weight excluding hydrogens is 188 g/mol. The summed E-state index contributed by atoms with van der Waals surface area (Å²) in [7, 11) is 0. The number of benzene rings is 1. The van der Waals surface area contributed by atoms with Gasteiger partial charge in [-0.1, -0.05) is 36.4 Å². The average Bonchev–Trinajstić information content (AvgIpc) is 2.25. The summed E-state index contributed by atoms with van der Waals surface area (Å²) in [6, 6.07) is 10.0. The van der Waals surface area contributed by atoms with Crippen molar-refractivity contribution in [2.45, 2.75) is 19.4 Å². The third-order valence-electron chi connectivity index (χ3n) is 2.03. The third-order valence-corrected chi connectivity index (χ3v) is 2.03. The Morgan fingerprint density at radius 3 is 2.67 bits per heavy atom. The lowest BCUT2D eigenvalue weighted by molar-refractivity contribution is -0.120. The molecule has 0 unspecified atom stereocenters. The SMILES string of the molecule is C=CC[C@H](NNC(C)=O)c1ccccc1. The maximum absolute atomic E-state index is 10.8. The van der Waals surface area contributed by atoms with Crippen LogP contribution in [0.25, 0.3) is 0 Å². The van der Waals surface area contributed by atoms with Crippen LogP contribution in [-0.4, -0.2) is 5.91 Å². The van der Waals surface area contributed by atoms with Crippen LogP contribution >= 0.6 is 0 Å². The van der Waals surface area contributed by atoms with Crippen molar-refractivity contribution in [3.63, 3.8) is 0 Å². The van der Waals surface area contributed by atoms with Crippen molar-refractivity contribution >= 4 is 5.91 Å². The molecule has 15 heavy (non-hydrogen) atoms. The van der Waals surface area contributed by atoms with Crippen molar-refractivity contribution in [1.82, 2.24) is 10.9 Å². The van der Waals surface area contributed by atoms with Crippen LogP contribution in [0.3, 0.4) is 0 Å². The maximum atomic E-state index is 10.8. The Balaban J connectivity index is 2.65. The van der Waals surface area contributed by atoms with E-state index in [2.05, 4.69) is 17.4 Å².